The quantitative estimate of drug-likeness (QED) is 0.510. The first-order valence-corrected chi connectivity index (χ1v) is 5.52. The second kappa shape index (κ2) is 24.1. The van der Waals surface area contributed by atoms with Crippen LogP contribution in [0.2, 0.25) is 0 Å². The molecule has 0 rings (SSSR count). The molecule has 0 aliphatic rings. The Hall–Kier alpha value is -0.330. The Bertz CT molecular complexity index is 87.4. The van der Waals surface area contributed by atoms with E-state index in [4.69, 9.17) is 11.5 Å². The van der Waals surface area contributed by atoms with Gasteiger partial charge in [0.05, 0.1) is 0 Å². The van der Waals surface area contributed by atoms with Crippen LogP contribution in [0.3, 0.4) is 0 Å². The van der Waals surface area contributed by atoms with Crippen molar-refractivity contribution < 1.29 is 14.1 Å². The van der Waals surface area contributed by atoms with Crippen molar-refractivity contribution in [1.82, 2.24) is 5.32 Å². The minimum absolute atomic E-state index is 0. The lowest BCUT2D eigenvalue weighted by atomic mass is 10.2. The lowest BCUT2D eigenvalue weighted by molar-refractivity contribution is 0.572. The molecule has 104 valence electrons. The Morgan fingerprint density at radius 2 is 0.938 bits per heavy atom. The van der Waals surface area contributed by atoms with Crippen molar-refractivity contribution >= 4 is 0 Å². The van der Waals surface area contributed by atoms with Crippen molar-refractivity contribution in [1.29, 1.82) is 0 Å². The van der Waals surface area contributed by atoms with Crippen molar-refractivity contribution in [3.8, 4) is 0 Å². The van der Waals surface area contributed by atoms with Gasteiger partial charge < -0.3 is 16.8 Å². The molecule has 0 aliphatic carbocycles. The first-order valence-electron chi connectivity index (χ1n) is 5.52. The van der Waals surface area contributed by atoms with E-state index in [1.165, 1.54) is 25.7 Å². The highest BCUT2D eigenvalue weighted by atomic mass is 19.0. The molecular weight excluding hydrogens is 219 g/mol. The summed E-state index contributed by atoms with van der Waals surface area (Å²) in [5.41, 5.74) is 10.8. The first kappa shape index (κ1) is 24.8. The number of nitrogens with one attached hydrogen (secondary N) is 1. The fourth-order valence-corrected chi connectivity index (χ4v) is 1.27. The summed E-state index contributed by atoms with van der Waals surface area (Å²) in [6.45, 7) is 3.94. The van der Waals surface area contributed by atoms with Crippen LogP contribution >= 0.6 is 0 Å². The van der Waals surface area contributed by atoms with Gasteiger partial charge >= 0.3 is 0 Å². The number of halogens is 3. The molecule has 0 aromatic carbocycles. The molecule has 0 aromatic rings. The summed E-state index contributed by atoms with van der Waals surface area (Å²) in [5, 5.41) is 3.42. The van der Waals surface area contributed by atoms with Crippen LogP contribution < -0.4 is 16.8 Å². The van der Waals surface area contributed by atoms with Crippen LogP contribution in [0.4, 0.5) is 14.1 Å². The van der Waals surface area contributed by atoms with E-state index in [-0.39, 0.29) is 14.1 Å². The predicted octanol–water partition coefficient (Wildman–Crippen LogP) is 1.29. The van der Waals surface area contributed by atoms with E-state index in [0.29, 0.717) is 0 Å². The van der Waals surface area contributed by atoms with Gasteiger partial charge in [0.15, 0.2) is 0 Å². The van der Waals surface area contributed by atoms with Gasteiger partial charge in [0.2, 0.25) is 0 Å². The Morgan fingerprint density at radius 3 is 1.25 bits per heavy atom. The molecule has 0 radical (unpaired) electrons. The van der Waals surface area contributed by atoms with Crippen LogP contribution in [-0.4, -0.2) is 26.2 Å². The van der Waals surface area contributed by atoms with Crippen LogP contribution in [-0.2, 0) is 0 Å². The molecule has 0 aromatic heterocycles. The molecule has 0 saturated heterocycles. The first-order chi connectivity index (χ1) is 6.41. The van der Waals surface area contributed by atoms with Gasteiger partial charge in [0.25, 0.3) is 0 Å². The number of unbranched alkanes of at least 4 members (excludes halogenated alkanes) is 4. The van der Waals surface area contributed by atoms with Crippen molar-refractivity contribution in [3.63, 3.8) is 0 Å². The molecule has 0 fully saturated rings. The maximum absolute atomic E-state index is 5.39. The molecule has 6 heteroatoms. The van der Waals surface area contributed by atoms with Crippen LogP contribution in [0.25, 0.3) is 0 Å². The molecule has 5 N–H and O–H groups in total. The van der Waals surface area contributed by atoms with Gasteiger partial charge in [-0.1, -0.05) is 12.8 Å². The molecule has 0 aliphatic heterocycles. The zero-order valence-corrected chi connectivity index (χ0v) is 9.95. The minimum atomic E-state index is 0. The fraction of sp³-hybridized carbons (Fsp3) is 1.00. The number of rotatable bonds is 10. The second-order valence-electron chi connectivity index (χ2n) is 3.45. The van der Waals surface area contributed by atoms with Crippen molar-refractivity contribution in [3.05, 3.63) is 0 Å². The van der Waals surface area contributed by atoms with Crippen molar-refractivity contribution in [2.45, 2.75) is 38.5 Å². The Balaban J connectivity index is -0.000000240. The summed E-state index contributed by atoms with van der Waals surface area (Å²) in [6.07, 6.45) is 7.35. The van der Waals surface area contributed by atoms with Crippen molar-refractivity contribution in [2.24, 2.45) is 11.5 Å². The normalized spacial score (nSPS) is 8.62. The fourth-order valence-electron chi connectivity index (χ4n) is 1.27. The Morgan fingerprint density at radius 1 is 0.562 bits per heavy atom. The van der Waals surface area contributed by atoms with Crippen LogP contribution in [0.5, 0.6) is 0 Å². The van der Waals surface area contributed by atoms with E-state index in [1.807, 2.05) is 0 Å². The summed E-state index contributed by atoms with van der Waals surface area (Å²) >= 11 is 0. The largest absolute Gasteiger partial charge is 0.330 e. The van der Waals surface area contributed by atoms with Gasteiger partial charge in [-0.15, -0.1) is 0 Å². The zero-order chi connectivity index (χ0) is 9.78. The smallest absolute Gasteiger partial charge is 0.00489 e. The topological polar surface area (TPSA) is 64.1 Å². The van der Waals surface area contributed by atoms with E-state index in [0.717, 1.165) is 39.0 Å². The van der Waals surface area contributed by atoms with Gasteiger partial charge in [-0.25, -0.2) is 0 Å². The Kier molecular flexibility index (Phi) is 37.3. The number of hydrogen-bond donors (Lipinski definition) is 3. The van der Waals surface area contributed by atoms with Gasteiger partial charge in [-0.05, 0) is 51.9 Å². The molecule has 0 atom stereocenters. The van der Waals surface area contributed by atoms with E-state index in [9.17, 15) is 0 Å². The summed E-state index contributed by atoms with van der Waals surface area (Å²) in [6, 6.07) is 0. The van der Waals surface area contributed by atoms with E-state index in [2.05, 4.69) is 5.32 Å². The third kappa shape index (κ3) is 23.5. The van der Waals surface area contributed by atoms with E-state index in [1.54, 1.807) is 0 Å². The SMILES string of the molecule is F.F.F.NCCCCCNCCCCCN. The van der Waals surface area contributed by atoms with Crippen LogP contribution in [0, 0.1) is 0 Å². The lowest BCUT2D eigenvalue weighted by Gasteiger charge is -2.03. The zero-order valence-electron chi connectivity index (χ0n) is 9.95. The van der Waals surface area contributed by atoms with Crippen LogP contribution in [0.1, 0.15) is 38.5 Å². The van der Waals surface area contributed by atoms with Crippen molar-refractivity contribution in [2.75, 3.05) is 26.2 Å². The molecular formula is C10H28F3N3. The third-order valence-corrected chi connectivity index (χ3v) is 2.12. The standard InChI is InChI=1S/C10H25N3.3FH/c11-7-3-1-5-9-13-10-6-2-4-8-12;;;/h13H,1-12H2;3*1H. The van der Waals surface area contributed by atoms with E-state index < -0.39 is 0 Å². The summed E-state index contributed by atoms with van der Waals surface area (Å²) < 4.78 is 0. The van der Waals surface area contributed by atoms with E-state index >= 15 is 0 Å². The summed E-state index contributed by atoms with van der Waals surface area (Å²) in [7, 11) is 0. The average molecular weight is 247 g/mol. The molecule has 0 spiro atoms. The molecule has 3 nitrogen and oxygen atoms in total. The Labute approximate surface area is 96.4 Å². The highest BCUT2D eigenvalue weighted by Crippen LogP contribution is 1.93. The second-order valence-corrected chi connectivity index (χ2v) is 3.45. The number of nitrogens with two attached hydrogens (primary N) is 2. The lowest BCUT2D eigenvalue weighted by Crippen LogP contribution is -2.17. The number of hydrogen-bond acceptors (Lipinski definition) is 3. The summed E-state index contributed by atoms with van der Waals surface area (Å²) in [4.78, 5) is 0. The monoisotopic (exact) mass is 247 g/mol. The highest BCUT2D eigenvalue weighted by Gasteiger charge is 1.89. The van der Waals surface area contributed by atoms with Gasteiger partial charge in [0.1, 0.15) is 0 Å². The third-order valence-electron chi connectivity index (χ3n) is 2.12. The molecule has 16 heavy (non-hydrogen) atoms. The predicted molar refractivity (Wildman–Crippen MR) is 66.2 cm³/mol. The molecule has 0 saturated carbocycles. The van der Waals surface area contributed by atoms with Gasteiger partial charge in [0, 0.05) is 0 Å². The molecule has 0 unspecified atom stereocenters. The highest BCUT2D eigenvalue weighted by molar-refractivity contribution is 4.50. The summed E-state index contributed by atoms with van der Waals surface area (Å²) in [5.74, 6) is 0. The van der Waals surface area contributed by atoms with Crippen LogP contribution in [0.15, 0.2) is 0 Å². The molecule has 0 heterocycles. The molecule has 0 bridgehead atoms. The molecule has 0 amide bonds. The average Bonchev–Trinajstić information content (AvgIpc) is 2.16. The maximum atomic E-state index is 5.39. The minimum Gasteiger partial charge on any atom is -0.330 e. The van der Waals surface area contributed by atoms with Gasteiger partial charge in [-0.3, -0.25) is 14.1 Å². The van der Waals surface area contributed by atoms with Gasteiger partial charge in [-0.2, -0.15) is 0 Å². The maximum Gasteiger partial charge on any atom is -0.00489 e.